The molecule has 0 unspecified atom stereocenters. The van der Waals surface area contributed by atoms with Gasteiger partial charge in [0.15, 0.2) is 0 Å². The number of ether oxygens (including phenoxy) is 1. The second-order valence-electron chi connectivity index (χ2n) is 9.78. The molecule has 3 aromatic rings. The van der Waals surface area contributed by atoms with Gasteiger partial charge in [-0.2, -0.15) is 0 Å². The molecule has 1 aliphatic rings. The summed E-state index contributed by atoms with van der Waals surface area (Å²) in [5, 5.41) is 9.26. The number of nitroso groups, excluding NO2 is 1. The van der Waals surface area contributed by atoms with Crippen LogP contribution in [0.2, 0.25) is 0 Å². The molecule has 4 rings (SSSR count). The molecule has 3 amide bonds. The lowest BCUT2D eigenvalue weighted by Gasteiger charge is -2.32. The zero-order chi connectivity index (χ0) is 29.2. The van der Waals surface area contributed by atoms with Crippen molar-refractivity contribution in [1.82, 2.24) is 9.80 Å². The van der Waals surface area contributed by atoms with E-state index in [9.17, 15) is 19.3 Å². The fourth-order valence-electron chi connectivity index (χ4n) is 4.70. The summed E-state index contributed by atoms with van der Waals surface area (Å²) in [6, 6.07) is 20.9. The number of carbonyl (C=O) groups excluding carboxylic acids is 3. The van der Waals surface area contributed by atoms with Crippen molar-refractivity contribution >= 4 is 35.0 Å². The summed E-state index contributed by atoms with van der Waals surface area (Å²) in [5.74, 6) is -0.417. The van der Waals surface area contributed by atoms with E-state index in [2.05, 4.69) is 15.8 Å². The quantitative estimate of drug-likeness (QED) is 0.294. The van der Waals surface area contributed by atoms with Crippen LogP contribution in [0.1, 0.15) is 53.0 Å². The Balaban J connectivity index is 1.33. The van der Waals surface area contributed by atoms with E-state index in [0.717, 1.165) is 5.56 Å². The standard InChI is InChI=1S/C31H35N5O5/c1-3-35(4-2)30(38)23-10-13-25(14-11-23)33-29(37)24-12-15-27(34-40)28(20-24)32-26-16-18-36(19-17-26)31(39)41-21-22-8-6-5-7-9-22/h5-15,20,26,32H,3-4,16-19,21H2,1-2H3,(H,33,37). The van der Waals surface area contributed by atoms with Gasteiger partial charge in [0.25, 0.3) is 11.8 Å². The van der Waals surface area contributed by atoms with Gasteiger partial charge < -0.3 is 25.2 Å². The van der Waals surface area contributed by atoms with Crippen molar-refractivity contribution in [2.45, 2.75) is 39.3 Å². The molecular formula is C31H35N5O5. The van der Waals surface area contributed by atoms with Gasteiger partial charge in [0, 0.05) is 49.0 Å². The van der Waals surface area contributed by atoms with Crippen LogP contribution in [0, 0.1) is 4.91 Å². The van der Waals surface area contributed by atoms with E-state index in [0.29, 0.717) is 61.5 Å². The second kappa shape index (κ2) is 14.1. The molecule has 0 spiro atoms. The van der Waals surface area contributed by atoms with E-state index in [-0.39, 0.29) is 36.2 Å². The van der Waals surface area contributed by atoms with Crippen LogP contribution >= 0.6 is 0 Å². The Hall–Kier alpha value is -4.73. The number of anilines is 2. The number of nitrogens with one attached hydrogen (secondary N) is 2. The number of amides is 3. The molecule has 0 atom stereocenters. The van der Waals surface area contributed by atoms with Crippen molar-refractivity contribution in [3.63, 3.8) is 0 Å². The summed E-state index contributed by atoms with van der Waals surface area (Å²) in [4.78, 5) is 52.8. The smallest absolute Gasteiger partial charge is 0.410 e. The predicted octanol–water partition coefficient (Wildman–Crippen LogP) is 6.03. The zero-order valence-electron chi connectivity index (χ0n) is 23.3. The molecule has 1 heterocycles. The molecule has 3 aromatic carbocycles. The Morgan fingerprint density at radius 2 is 1.59 bits per heavy atom. The highest BCUT2D eigenvalue weighted by Gasteiger charge is 2.25. The number of hydrogen-bond donors (Lipinski definition) is 2. The van der Waals surface area contributed by atoms with Gasteiger partial charge >= 0.3 is 6.09 Å². The summed E-state index contributed by atoms with van der Waals surface area (Å²) in [5.41, 5.74) is 3.03. The summed E-state index contributed by atoms with van der Waals surface area (Å²) in [6.45, 7) is 6.32. The van der Waals surface area contributed by atoms with Gasteiger partial charge in [0.1, 0.15) is 12.3 Å². The molecule has 0 radical (unpaired) electrons. The highest BCUT2D eigenvalue weighted by molar-refractivity contribution is 6.05. The Morgan fingerprint density at radius 1 is 0.927 bits per heavy atom. The first-order chi connectivity index (χ1) is 19.9. The lowest BCUT2D eigenvalue weighted by Crippen LogP contribution is -2.42. The van der Waals surface area contributed by atoms with Crippen molar-refractivity contribution in [2.75, 3.05) is 36.8 Å². The highest BCUT2D eigenvalue weighted by atomic mass is 16.6. The Bertz CT molecular complexity index is 1350. The summed E-state index contributed by atoms with van der Waals surface area (Å²) < 4.78 is 5.43. The molecular weight excluding hydrogens is 522 g/mol. The van der Waals surface area contributed by atoms with Crippen LogP contribution in [-0.4, -0.2) is 59.9 Å². The van der Waals surface area contributed by atoms with Crippen LogP contribution in [0.4, 0.5) is 21.9 Å². The third kappa shape index (κ3) is 7.69. The van der Waals surface area contributed by atoms with Crippen LogP contribution in [0.15, 0.2) is 78.0 Å². The van der Waals surface area contributed by atoms with Crippen LogP contribution in [0.5, 0.6) is 0 Å². The first-order valence-electron chi connectivity index (χ1n) is 13.8. The van der Waals surface area contributed by atoms with E-state index < -0.39 is 0 Å². The molecule has 0 aromatic heterocycles. The van der Waals surface area contributed by atoms with Gasteiger partial charge in [0.2, 0.25) is 0 Å². The van der Waals surface area contributed by atoms with Crippen LogP contribution in [-0.2, 0) is 11.3 Å². The van der Waals surface area contributed by atoms with Crippen molar-refractivity contribution in [3.8, 4) is 0 Å². The Kier molecular flexibility index (Phi) is 10.0. The van der Waals surface area contributed by atoms with Crippen molar-refractivity contribution < 1.29 is 19.1 Å². The van der Waals surface area contributed by atoms with Crippen LogP contribution < -0.4 is 10.6 Å². The minimum Gasteiger partial charge on any atom is -0.445 e. The van der Waals surface area contributed by atoms with E-state index in [1.54, 1.807) is 46.2 Å². The molecule has 1 aliphatic heterocycles. The summed E-state index contributed by atoms with van der Waals surface area (Å²) in [7, 11) is 0. The number of hydrogen-bond acceptors (Lipinski definition) is 7. The van der Waals surface area contributed by atoms with Gasteiger partial charge in [-0.05, 0) is 79.9 Å². The minimum absolute atomic E-state index is 0.0112. The first kappa shape index (κ1) is 29.3. The average Bonchev–Trinajstić information content (AvgIpc) is 3.01. The maximum Gasteiger partial charge on any atom is 0.410 e. The number of likely N-dealkylation sites (tertiary alicyclic amines) is 1. The molecule has 214 valence electrons. The second-order valence-corrected chi connectivity index (χ2v) is 9.78. The molecule has 0 bridgehead atoms. The molecule has 1 fully saturated rings. The van der Waals surface area contributed by atoms with Crippen molar-refractivity contribution in [1.29, 1.82) is 0 Å². The number of benzene rings is 3. The van der Waals surface area contributed by atoms with Gasteiger partial charge in [-0.15, -0.1) is 4.91 Å². The SMILES string of the molecule is CCN(CC)C(=O)c1ccc(NC(=O)c2ccc(N=O)c(NC3CCN(C(=O)OCc4ccccc4)CC3)c2)cc1. The number of piperidine rings is 1. The minimum atomic E-state index is -0.357. The lowest BCUT2D eigenvalue weighted by atomic mass is 10.0. The van der Waals surface area contributed by atoms with Gasteiger partial charge in [-0.25, -0.2) is 4.79 Å². The number of carbonyl (C=O) groups is 3. The zero-order valence-corrected chi connectivity index (χ0v) is 23.3. The number of nitrogens with zero attached hydrogens (tertiary/aromatic N) is 3. The van der Waals surface area contributed by atoms with E-state index in [1.807, 2.05) is 44.2 Å². The largest absolute Gasteiger partial charge is 0.445 e. The fraction of sp³-hybridized carbons (Fsp3) is 0.323. The van der Waals surface area contributed by atoms with Crippen molar-refractivity contribution in [2.24, 2.45) is 5.18 Å². The Morgan fingerprint density at radius 3 is 2.22 bits per heavy atom. The maximum atomic E-state index is 13.0. The molecule has 0 saturated carbocycles. The summed E-state index contributed by atoms with van der Waals surface area (Å²) in [6.07, 6.45) is 0.938. The highest BCUT2D eigenvalue weighted by Crippen LogP contribution is 2.29. The number of rotatable bonds is 10. The van der Waals surface area contributed by atoms with E-state index >= 15 is 0 Å². The van der Waals surface area contributed by atoms with Gasteiger partial charge in [-0.1, -0.05) is 30.3 Å². The predicted molar refractivity (Wildman–Crippen MR) is 158 cm³/mol. The average molecular weight is 558 g/mol. The molecule has 2 N–H and O–H groups in total. The first-order valence-corrected chi connectivity index (χ1v) is 13.8. The monoisotopic (exact) mass is 557 g/mol. The molecule has 10 nitrogen and oxygen atoms in total. The van der Waals surface area contributed by atoms with Gasteiger partial charge in [-0.3, -0.25) is 9.59 Å². The lowest BCUT2D eigenvalue weighted by molar-refractivity contribution is 0.0772. The van der Waals surface area contributed by atoms with Crippen molar-refractivity contribution in [3.05, 3.63) is 94.4 Å². The molecule has 0 aliphatic carbocycles. The third-order valence-corrected chi connectivity index (χ3v) is 7.12. The van der Waals surface area contributed by atoms with E-state index in [1.165, 1.54) is 6.07 Å². The normalized spacial score (nSPS) is 13.3. The maximum absolute atomic E-state index is 13.0. The molecule has 10 heteroatoms. The van der Waals surface area contributed by atoms with Gasteiger partial charge in [0.05, 0.1) is 5.69 Å². The molecule has 1 saturated heterocycles. The molecule has 41 heavy (non-hydrogen) atoms. The third-order valence-electron chi connectivity index (χ3n) is 7.12. The van der Waals surface area contributed by atoms with Crippen LogP contribution in [0.3, 0.4) is 0 Å². The van der Waals surface area contributed by atoms with Crippen LogP contribution in [0.25, 0.3) is 0 Å². The summed E-state index contributed by atoms with van der Waals surface area (Å²) >= 11 is 0. The van der Waals surface area contributed by atoms with E-state index in [4.69, 9.17) is 4.74 Å². The fourth-order valence-corrected chi connectivity index (χ4v) is 4.70. The topological polar surface area (TPSA) is 120 Å². The Labute approximate surface area is 239 Å².